The SMILES string of the molecule is O=C(c1ccc(O)c(F)c1)N1C[C@@H](O)[C@H](F)C1. The fourth-order valence-electron chi connectivity index (χ4n) is 1.74. The van der Waals surface area contributed by atoms with Crippen LogP contribution in [0.1, 0.15) is 10.4 Å². The van der Waals surface area contributed by atoms with E-state index in [1.807, 2.05) is 0 Å². The molecule has 1 heterocycles. The molecule has 2 rings (SSSR count). The number of hydrogen-bond acceptors (Lipinski definition) is 3. The molecule has 1 aliphatic heterocycles. The standard InChI is InChI=1S/C11H11F2NO3/c12-7-3-6(1-2-9(7)15)11(17)14-4-8(13)10(16)5-14/h1-3,8,10,15-16H,4-5H2/t8-,10-/m1/s1. The van der Waals surface area contributed by atoms with Crippen LogP contribution in [0.15, 0.2) is 18.2 Å². The van der Waals surface area contributed by atoms with Crippen LogP contribution in [-0.4, -0.2) is 46.4 Å². The van der Waals surface area contributed by atoms with Crippen LogP contribution in [0.4, 0.5) is 8.78 Å². The summed E-state index contributed by atoms with van der Waals surface area (Å²) in [6, 6.07) is 3.19. The summed E-state index contributed by atoms with van der Waals surface area (Å²) in [7, 11) is 0. The highest BCUT2D eigenvalue weighted by atomic mass is 19.1. The predicted octanol–water partition coefficient (Wildman–Crippen LogP) is 0.686. The summed E-state index contributed by atoms with van der Waals surface area (Å²) >= 11 is 0. The van der Waals surface area contributed by atoms with E-state index in [0.29, 0.717) is 0 Å². The Balaban J connectivity index is 2.17. The van der Waals surface area contributed by atoms with Crippen molar-refractivity contribution in [2.75, 3.05) is 13.1 Å². The summed E-state index contributed by atoms with van der Waals surface area (Å²) < 4.78 is 26.1. The summed E-state index contributed by atoms with van der Waals surface area (Å²) in [6.07, 6.45) is -2.66. The minimum absolute atomic E-state index is 0.0154. The van der Waals surface area contributed by atoms with Crippen molar-refractivity contribution in [1.29, 1.82) is 0 Å². The molecule has 1 aliphatic rings. The number of nitrogens with zero attached hydrogens (tertiary/aromatic N) is 1. The molecule has 2 atom stereocenters. The molecule has 1 saturated heterocycles. The van der Waals surface area contributed by atoms with E-state index in [9.17, 15) is 18.7 Å². The zero-order chi connectivity index (χ0) is 12.6. The van der Waals surface area contributed by atoms with Crippen molar-refractivity contribution in [1.82, 2.24) is 4.90 Å². The Bertz CT molecular complexity index is 442. The van der Waals surface area contributed by atoms with Gasteiger partial charge in [0.15, 0.2) is 11.6 Å². The molecule has 0 aliphatic carbocycles. The normalized spacial score (nSPS) is 24.1. The lowest BCUT2D eigenvalue weighted by Gasteiger charge is -2.15. The maximum atomic E-state index is 13.0. The van der Waals surface area contributed by atoms with Crippen molar-refractivity contribution in [2.24, 2.45) is 0 Å². The molecule has 1 fully saturated rings. The Morgan fingerprint density at radius 3 is 2.65 bits per heavy atom. The number of carbonyl (C=O) groups is 1. The Hall–Kier alpha value is -1.69. The topological polar surface area (TPSA) is 60.8 Å². The molecule has 4 nitrogen and oxygen atoms in total. The van der Waals surface area contributed by atoms with Gasteiger partial charge in [0.2, 0.25) is 0 Å². The molecule has 0 aromatic heterocycles. The first kappa shape index (κ1) is 11.8. The third-order valence-corrected chi connectivity index (χ3v) is 2.70. The van der Waals surface area contributed by atoms with E-state index in [2.05, 4.69) is 0 Å². The third-order valence-electron chi connectivity index (χ3n) is 2.70. The highest BCUT2D eigenvalue weighted by molar-refractivity contribution is 5.94. The number of amides is 1. The smallest absolute Gasteiger partial charge is 0.254 e. The van der Waals surface area contributed by atoms with E-state index >= 15 is 0 Å². The highest BCUT2D eigenvalue weighted by Gasteiger charge is 2.34. The van der Waals surface area contributed by atoms with E-state index in [1.54, 1.807) is 0 Å². The summed E-state index contributed by atoms with van der Waals surface area (Å²) in [5.41, 5.74) is 0.0154. The van der Waals surface area contributed by atoms with Gasteiger partial charge >= 0.3 is 0 Å². The van der Waals surface area contributed by atoms with Gasteiger partial charge in [-0.15, -0.1) is 0 Å². The first-order chi connectivity index (χ1) is 7.99. The number of carbonyl (C=O) groups excluding carboxylic acids is 1. The summed E-state index contributed by atoms with van der Waals surface area (Å²) in [4.78, 5) is 12.9. The Kier molecular flexibility index (Phi) is 2.97. The van der Waals surface area contributed by atoms with E-state index < -0.39 is 29.7 Å². The molecule has 0 bridgehead atoms. The third kappa shape index (κ3) is 2.21. The van der Waals surface area contributed by atoms with Crippen LogP contribution >= 0.6 is 0 Å². The lowest BCUT2D eigenvalue weighted by atomic mass is 10.2. The van der Waals surface area contributed by atoms with E-state index in [4.69, 9.17) is 5.11 Å². The number of benzene rings is 1. The molecule has 1 amide bonds. The number of aliphatic hydroxyl groups excluding tert-OH is 1. The molecule has 92 valence electrons. The quantitative estimate of drug-likeness (QED) is 0.762. The van der Waals surface area contributed by atoms with E-state index in [1.165, 1.54) is 6.07 Å². The van der Waals surface area contributed by atoms with Crippen molar-refractivity contribution in [3.63, 3.8) is 0 Å². The number of rotatable bonds is 1. The van der Waals surface area contributed by atoms with Gasteiger partial charge in [0.1, 0.15) is 12.3 Å². The molecule has 17 heavy (non-hydrogen) atoms. The van der Waals surface area contributed by atoms with Crippen LogP contribution < -0.4 is 0 Å². The van der Waals surface area contributed by atoms with Gasteiger partial charge in [-0.05, 0) is 18.2 Å². The molecule has 2 N–H and O–H groups in total. The number of aliphatic hydroxyl groups is 1. The van der Waals surface area contributed by atoms with Crippen LogP contribution in [0.5, 0.6) is 5.75 Å². The van der Waals surface area contributed by atoms with Crippen molar-refractivity contribution in [3.05, 3.63) is 29.6 Å². The zero-order valence-corrected chi connectivity index (χ0v) is 8.81. The largest absolute Gasteiger partial charge is 0.505 e. The number of aromatic hydroxyl groups is 1. The number of likely N-dealkylation sites (tertiary alicyclic amines) is 1. The lowest BCUT2D eigenvalue weighted by molar-refractivity contribution is 0.0764. The van der Waals surface area contributed by atoms with Crippen LogP contribution in [-0.2, 0) is 0 Å². The van der Waals surface area contributed by atoms with Gasteiger partial charge in [0, 0.05) is 12.1 Å². The van der Waals surface area contributed by atoms with Crippen LogP contribution in [0.3, 0.4) is 0 Å². The maximum Gasteiger partial charge on any atom is 0.254 e. The first-order valence-corrected chi connectivity index (χ1v) is 5.09. The van der Waals surface area contributed by atoms with Gasteiger partial charge in [0.25, 0.3) is 5.91 Å². The van der Waals surface area contributed by atoms with Crippen LogP contribution in [0.25, 0.3) is 0 Å². The summed E-state index contributed by atoms with van der Waals surface area (Å²) in [5, 5.41) is 18.2. The molecule has 0 spiro atoms. The van der Waals surface area contributed by atoms with Crippen molar-refractivity contribution in [3.8, 4) is 5.75 Å². The van der Waals surface area contributed by atoms with Crippen molar-refractivity contribution in [2.45, 2.75) is 12.3 Å². The van der Waals surface area contributed by atoms with Gasteiger partial charge in [0.05, 0.1) is 6.54 Å². The number of phenolic OH excluding ortho intramolecular Hbond substituents is 1. The number of alkyl halides is 1. The van der Waals surface area contributed by atoms with Crippen LogP contribution in [0, 0.1) is 5.82 Å². The number of hydrogen-bond donors (Lipinski definition) is 2. The van der Waals surface area contributed by atoms with Gasteiger partial charge < -0.3 is 15.1 Å². The van der Waals surface area contributed by atoms with Crippen molar-refractivity contribution < 1.29 is 23.8 Å². The fourth-order valence-corrected chi connectivity index (χ4v) is 1.74. The summed E-state index contributed by atoms with van der Waals surface area (Å²) in [6.45, 7) is -0.314. The lowest BCUT2D eigenvalue weighted by Crippen LogP contribution is -2.29. The Morgan fingerprint density at radius 2 is 2.12 bits per heavy atom. The summed E-state index contributed by atoms with van der Waals surface area (Å²) in [5.74, 6) is -2.03. The zero-order valence-electron chi connectivity index (χ0n) is 8.81. The molecule has 1 aromatic carbocycles. The molecule has 0 unspecified atom stereocenters. The first-order valence-electron chi connectivity index (χ1n) is 5.09. The van der Waals surface area contributed by atoms with E-state index in [-0.39, 0.29) is 18.7 Å². The maximum absolute atomic E-state index is 13.0. The molecule has 0 radical (unpaired) electrons. The fraction of sp³-hybridized carbons (Fsp3) is 0.364. The molecule has 0 saturated carbocycles. The van der Waals surface area contributed by atoms with Crippen molar-refractivity contribution >= 4 is 5.91 Å². The second kappa shape index (κ2) is 4.29. The minimum Gasteiger partial charge on any atom is -0.505 e. The average Bonchev–Trinajstić information content (AvgIpc) is 2.62. The predicted molar refractivity (Wildman–Crippen MR) is 54.9 cm³/mol. The Labute approximate surface area is 96.1 Å². The number of β-amino-alcohol motifs (C(OH)–C–C–N with tert-alkyl or cyclic N) is 1. The molecular formula is C11H11F2NO3. The molecule has 1 aromatic rings. The van der Waals surface area contributed by atoms with Gasteiger partial charge in [-0.3, -0.25) is 4.79 Å². The van der Waals surface area contributed by atoms with Gasteiger partial charge in [-0.25, -0.2) is 8.78 Å². The second-order valence-electron chi connectivity index (χ2n) is 3.96. The van der Waals surface area contributed by atoms with E-state index in [0.717, 1.165) is 17.0 Å². The Morgan fingerprint density at radius 1 is 1.41 bits per heavy atom. The molecular weight excluding hydrogens is 232 g/mol. The van der Waals surface area contributed by atoms with Gasteiger partial charge in [-0.2, -0.15) is 0 Å². The minimum atomic E-state index is -1.47. The van der Waals surface area contributed by atoms with Crippen LogP contribution in [0.2, 0.25) is 0 Å². The van der Waals surface area contributed by atoms with Gasteiger partial charge in [-0.1, -0.05) is 0 Å². The molecule has 6 heteroatoms. The monoisotopic (exact) mass is 243 g/mol. The number of halogens is 2. The second-order valence-corrected chi connectivity index (χ2v) is 3.96. The highest BCUT2D eigenvalue weighted by Crippen LogP contribution is 2.20. The number of phenols is 1. The average molecular weight is 243 g/mol.